The van der Waals surface area contributed by atoms with Crippen LogP contribution in [-0.2, 0) is 4.79 Å². The van der Waals surface area contributed by atoms with Crippen LogP contribution in [0.15, 0.2) is 42.7 Å². The summed E-state index contributed by atoms with van der Waals surface area (Å²) in [6, 6.07) is 9.93. The SMILES string of the molecule is CCCC(=O)Nc1n[nH]c2cc(-c3ccncc3)ccc12. The van der Waals surface area contributed by atoms with E-state index in [1.807, 2.05) is 37.3 Å². The van der Waals surface area contributed by atoms with Gasteiger partial charge in [-0.05, 0) is 41.8 Å². The molecule has 2 aromatic heterocycles. The van der Waals surface area contributed by atoms with Crippen molar-refractivity contribution in [3.05, 3.63) is 42.7 Å². The van der Waals surface area contributed by atoms with Gasteiger partial charge in [-0.3, -0.25) is 14.9 Å². The monoisotopic (exact) mass is 280 g/mol. The normalized spacial score (nSPS) is 10.7. The van der Waals surface area contributed by atoms with E-state index in [-0.39, 0.29) is 5.91 Å². The average molecular weight is 280 g/mol. The second kappa shape index (κ2) is 5.75. The van der Waals surface area contributed by atoms with Crippen LogP contribution in [0.5, 0.6) is 0 Å². The topological polar surface area (TPSA) is 70.7 Å². The standard InChI is InChI=1S/C16H16N4O/c1-2-3-15(21)18-16-13-5-4-12(10-14(13)19-20-16)11-6-8-17-9-7-11/h4-10H,2-3H2,1H3,(H2,18,19,20,21). The number of nitrogens with one attached hydrogen (secondary N) is 2. The summed E-state index contributed by atoms with van der Waals surface area (Å²) in [5, 5.41) is 10.9. The summed E-state index contributed by atoms with van der Waals surface area (Å²) in [6.45, 7) is 1.98. The second-order valence-corrected chi connectivity index (χ2v) is 4.87. The van der Waals surface area contributed by atoms with Crippen molar-refractivity contribution in [1.29, 1.82) is 0 Å². The maximum absolute atomic E-state index is 11.7. The number of carbonyl (C=O) groups is 1. The number of aromatic nitrogens is 3. The fourth-order valence-corrected chi connectivity index (χ4v) is 2.26. The molecule has 0 saturated heterocycles. The predicted octanol–water partition coefficient (Wildman–Crippen LogP) is 3.36. The third-order valence-electron chi connectivity index (χ3n) is 3.31. The van der Waals surface area contributed by atoms with Gasteiger partial charge in [0, 0.05) is 24.2 Å². The lowest BCUT2D eigenvalue weighted by molar-refractivity contribution is -0.116. The molecule has 0 fully saturated rings. The molecule has 0 aliphatic heterocycles. The molecule has 1 amide bonds. The first-order valence-electron chi connectivity index (χ1n) is 6.96. The number of hydrogen-bond acceptors (Lipinski definition) is 3. The Hall–Kier alpha value is -2.69. The van der Waals surface area contributed by atoms with Gasteiger partial charge in [0.25, 0.3) is 0 Å². The summed E-state index contributed by atoms with van der Waals surface area (Å²) >= 11 is 0. The summed E-state index contributed by atoms with van der Waals surface area (Å²) in [4.78, 5) is 15.7. The minimum absolute atomic E-state index is 0.0101. The number of nitrogens with zero attached hydrogens (tertiary/aromatic N) is 2. The van der Waals surface area contributed by atoms with Gasteiger partial charge in [-0.1, -0.05) is 13.0 Å². The predicted molar refractivity (Wildman–Crippen MR) is 82.9 cm³/mol. The quantitative estimate of drug-likeness (QED) is 0.769. The van der Waals surface area contributed by atoms with Crippen LogP contribution in [0, 0.1) is 0 Å². The van der Waals surface area contributed by atoms with Crippen molar-refractivity contribution in [2.45, 2.75) is 19.8 Å². The Labute approximate surface area is 122 Å². The maximum atomic E-state index is 11.7. The van der Waals surface area contributed by atoms with Crippen LogP contribution in [0.3, 0.4) is 0 Å². The van der Waals surface area contributed by atoms with E-state index in [1.54, 1.807) is 12.4 Å². The van der Waals surface area contributed by atoms with Crippen LogP contribution in [0.4, 0.5) is 5.82 Å². The number of hydrogen-bond donors (Lipinski definition) is 2. The zero-order valence-corrected chi connectivity index (χ0v) is 11.8. The molecule has 0 aliphatic rings. The summed E-state index contributed by atoms with van der Waals surface area (Å²) in [6.07, 6.45) is 4.86. The highest BCUT2D eigenvalue weighted by Crippen LogP contribution is 2.26. The lowest BCUT2D eigenvalue weighted by Crippen LogP contribution is -2.10. The van der Waals surface area contributed by atoms with Crippen LogP contribution in [0.25, 0.3) is 22.0 Å². The minimum atomic E-state index is -0.0101. The number of fused-ring (bicyclic) bond motifs is 1. The van der Waals surface area contributed by atoms with Gasteiger partial charge in [-0.15, -0.1) is 0 Å². The van der Waals surface area contributed by atoms with E-state index in [1.165, 1.54) is 0 Å². The van der Waals surface area contributed by atoms with Gasteiger partial charge in [0.05, 0.1) is 5.52 Å². The molecule has 106 valence electrons. The molecule has 0 bridgehead atoms. The van der Waals surface area contributed by atoms with Crippen molar-refractivity contribution in [2.75, 3.05) is 5.32 Å². The molecule has 0 radical (unpaired) electrons. The van der Waals surface area contributed by atoms with Crippen molar-refractivity contribution in [3.8, 4) is 11.1 Å². The molecular weight excluding hydrogens is 264 g/mol. The molecule has 2 N–H and O–H groups in total. The lowest BCUT2D eigenvalue weighted by Gasteiger charge is -2.02. The first kappa shape index (κ1) is 13.3. The molecule has 0 aliphatic carbocycles. The van der Waals surface area contributed by atoms with E-state index in [0.717, 1.165) is 28.5 Å². The van der Waals surface area contributed by atoms with E-state index >= 15 is 0 Å². The fourth-order valence-electron chi connectivity index (χ4n) is 2.26. The molecule has 5 heteroatoms. The van der Waals surface area contributed by atoms with Gasteiger partial charge in [0.1, 0.15) is 0 Å². The van der Waals surface area contributed by atoms with E-state index in [4.69, 9.17) is 0 Å². The largest absolute Gasteiger partial charge is 0.309 e. The summed E-state index contributed by atoms with van der Waals surface area (Å²) in [7, 11) is 0. The van der Waals surface area contributed by atoms with Crippen molar-refractivity contribution < 1.29 is 4.79 Å². The highest BCUT2D eigenvalue weighted by atomic mass is 16.1. The first-order chi connectivity index (χ1) is 10.3. The van der Waals surface area contributed by atoms with Gasteiger partial charge in [0.15, 0.2) is 5.82 Å². The maximum Gasteiger partial charge on any atom is 0.225 e. The molecule has 3 aromatic rings. The van der Waals surface area contributed by atoms with Crippen molar-refractivity contribution >= 4 is 22.6 Å². The first-order valence-corrected chi connectivity index (χ1v) is 6.96. The van der Waals surface area contributed by atoms with Crippen LogP contribution in [0.2, 0.25) is 0 Å². The molecule has 0 atom stereocenters. The van der Waals surface area contributed by atoms with Gasteiger partial charge < -0.3 is 5.32 Å². The molecular formula is C16H16N4O. The molecule has 0 saturated carbocycles. The van der Waals surface area contributed by atoms with E-state index in [0.29, 0.717) is 12.2 Å². The Bertz CT molecular complexity index is 764. The smallest absolute Gasteiger partial charge is 0.225 e. The zero-order valence-electron chi connectivity index (χ0n) is 11.8. The number of anilines is 1. The molecule has 0 spiro atoms. The summed E-state index contributed by atoms with van der Waals surface area (Å²) in [5.74, 6) is 0.578. The number of rotatable bonds is 4. The Balaban J connectivity index is 1.93. The van der Waals surface area contributed by atoms with Crippen molar-refractivity contribution in [2.24, 2.45) is 0 Å². The van der Waals surface area contributed by atoms with Gasteiger partial charge in [-0.25, -0.2) is 0 Å². The number of aromatic amines is 1. The number of benzene rings is 1. The minimum Gasteiger partial charge on any atom is -0.309 e. The van der Waals surface area contributed by atoms with Crippen LogP contribution in [0.1, 0.15) is 19.8 Å². The highest BCUT2D eigenvalue weighted by Gasteiger charge is 2.09. The number of pyridine rings is 1. The van der Waals surface area contributed by atoms with Gasteiger partial charge in [-0.2, -0.15) is 5.10 Å². The highest BCUT2D eigenvalue weighted by molar-refractivity contribution is 6.00. The molecule has 2 heterocycles. The fraction of sp³-hybridized carbons (Fsp3) is 0.188. The Morgan fingerprint density at radius 3 is 2.76 bits per heavy atom. The van der Waals surface area contributed by atoms with Gasteiger partial charge in [0.2, 0.25) is 5.91 Å². The molecule has 3 rings (SSSR count). The third kappa shape index (κ3) is 2.76. The van der Waals surface area contributed by atoms with E-state index in [2.05, 4.69) is 20.5 Å². The van der Waals surface area contributed by atoms with Crippen molar-refractivity contribution in [3.63, 3.8) is 0 Å². The number of amides is 1. The van der Waals surface area contributed by atoms with Crippen LogP contribution < -0.4 is 5.32 Å². The summed E-state index contributed by atoms with van der Waals surface area (Å²) in [5.41, 5.74) is 3.08. The van der Waals surface area contributed by atoms with Gasteiger partial charge >= 0.3 is 0 Å². The Morgan fingerprint density at radius 1 is 1.19 bits per heavy atom. The molecule has 21 heavy (non-hydrogen) atoms. The molecule has 1 aromatic carbocycles. The van der Waals surface area contributed by atoms with E-state index < -0.39 is 0 Å². The van der Waals surface area contributed by atoms with E-state index in [9.17, 15) is 4.79 Å². The molecule has 5 nitrogen and oxygen atoms in total. The number of carbonyl (C=O) groups excluding carboxylic acids is 1. The third-order valence-corrected chi connectivity index (χ3v) is 3.31. The Kier molecular flexibility index (Phi) is 3.64. The summed E-state index contributed by atoms with van der Waals surface area (Å²) < 4.78 is 0. The lowest BCUT2D eigenvalue weighted by atomic mass is 10.1. The molecule has 0 unspecified atom stereocenters. The van der Waals surface area contributed by atoms with Crippen LogP contribution >= 0.6 is 0 Å². The second-order valence-electron chi connectivity index (χ2n) is 4.87. The number of H-pyrrole nitrogens is 1. The average Bonchev–Trinajstić information content (AvgIpc) is 2.91. The Morgan fingerprint density at radius 2 is 2.00 bits per heavy atom. The van der Waals surface area contributed by atoms with Crippen molar-refractivity contribution in [1.82, 2.24) is 15.2 Å². The van der Waals surface area contributed by atoms with Crippen LogP contribution in [-0.4, -0.2) is 21.1 Å². The zero-order chi connectivity index (χ0) is 14.7.